The summed E-state index contributed by atoms with van der Waals surface area (Å²) in [5.74, 6) is 0.172. The van der Waals surface area contributed by atoms with E-state index in [1.807, 2.05) is 54.6 Å². The van der Waals surface area contributed by atoms with Crippen molar-refractivity contribution in [3.63, 3.8) is 0 Å². The van der Waals surface area contributed by atoms with Crippen LogP contribution >= 0.6 is 0 Å². The largest absolute Gasteiger partial charge is 0.488 e. The number of rotatable bonds is 7. The molecule has 0 aromatic heterocycles. The number of hydrogen-bond acceptors (Lipinski definition) is 3. The number of amides is 1. The fraction of sp³-hybridized carbons (Fsp3) is 0.185. The molecule has 0 radical (unpaired) electrons. The predicted octanol–water partition coefficient (Wildman–Crippen LogP) is 5.99. The fourth-order valence-corrected chi connectivity index (χ4v) is 3.37. The van der Waals surface area contributed by atoms with Crippen molar-refractivity contribution in [3.05, 3.63) is 100 Å². The highest BCUT2D eigenvalue weighted by atomic mass is 16.5. The first-order valence-corrected chi connectivity index (χ1v) is 10.3. The summed E-state index contributed by atoms with van der Waals surface area (Å²) >= 11 is 0. The number of ether oxygens (including phenoxy) is 1. The summed E-state index contributed by atoms with van der Waals surface area (Å²) < 4.78 is 6.02. The highest BCUT2D eigenvalue weighted by Crippen LogP contribution is 2.23. The van der Waals surface area contributed by atoms with Crippen LogP contribution in [0.5, 0.6) is 5.75 Å². The maximum absolute atomic E-state index is 12.6. The third-order valence-corrected chi connectivity index (χ3v) is 4.88. The first-order valence-electron chi connectivity index (χ1n) is 10.3. The number of nitrogens with one attached hydrogen (secondary N) is 1. The highest BCUT2D eigenvalue weighted by molar-refractivity contribution is 6.09. The lowest BCUT2D eigenvalue weighted by atomic mass is 10.1. The molecule has 0 heterocycles. The third-order valence-electron chi connectivity index (χ3n) is 4.88. The van der Waals surface area contributed by atoms with Gasteiger partial charge in [0, 0.05) is 11.3 Å². The van der Waals surface area contributed by atoms with Crippen LogP contribution in [-0.2, 0) is 17.8 Å². The van der Waals surface area contributed by atoms with Crippen LogP contribution in [0.4, 0.5) is 5.69 Å². The Morgan fingerprint density at radius 2 is 1.68 bits per heavy atom. The Morgan fingerprint density at radius 3 is 2.32 bits per heavy atom. The number of nitrogens with zero attached hydrogens (tertiary/aromatic N) is 1. The normalized spacial score (nSPS) is 11.0. The molecular formula is C27H26N2O2. The zero-order valence-corrected chi connectivity index (χ0v) is 18.1. The van der Waals surface area contributed by atoms with Crippen LogP contribution in [0.25, 0.3) is 6.08 Å². The summed E-state index contributed by atoms with van der Waals surface area (Å²) in [4.78, 5) is 12.6. The lowest BCUT2D eigenvalue weighted by molar-refractivity contribution is -0.112. The van der Waals surface area contributed by atoms with Gasteiger partial charge in [0.1, 0.15) is 24.0 Å². The van der Waals surface area contributed by atoms with E-state index in [1.165, 1.54) is 16.7 Å². The van der Waals surface area contributed by atoms with Crippen LogP contribution in [0, 0.1) is 25.2 Å². The molecule has 156 valence electrons. The molecule has 0 saturated heterocycles. The number of benzene rings is 3. The van der Waals surface area contributed by atoms with Crippen molar-refractivity contribution in [2.45, 2.75) is 33.8 Å². The molecule has 0 unspecified atom stereocenters. The van der Waals surface area contributed by atoms with E-state index in [1.54, 1.807) is 6.08 Å². The van der Waals surface area contributed by atoms with Gasteiger partial charge in [-0.3, -0.25) is 4.79 Å². The van der Waals surface area contributed by atoms with Crippen molar-refractivity contribution >= 4 is 17.7 Å². The second-order valence-corrected chi connectivity index (χ2v) is 7.50. The first-order chi connectivity index (χ1) is 15.0. The fourth-order valence-electron chi connectivity index (χ4n) is 3.37. The molecule has 0 spiro atoms. The maximum Gasteiger partial charge on any atom is 0.266 e. The molecule has 3 aromatic rings. The van der Waals surface area contributed by atoms with E-state index in [9.17, 15) is 10.1 Å². The summed E-state index contributed by atoms with van der Waals surface area (Å²) in [6, 6.07) is 23.3. The van der Waals surface area contributed by atoms with Crippen molar-refractivity contribution < 1.29 is 9.53 Å². The number of hydrogen-bond donors (Lipinski definition) is 1. The van der Waals surface area contributed by atoms with Gasteiger partial charge >= 0.3 is 0 Å². The summed E-state index contributed by atoms with van der Waals surface area (Å²) in [5.41, 5.74) is 5.97. The zero-order valence-electron chi connectivity index (χ0n) is 18.1. The van der Waals surface area contributed by atoms with Gasteiger partial charge < -0.3 is 10.1 Å². The van der Waals surface area contributed by atoms with E-state index >= 15 is 0 Å². The molecule has 4 heteroatoms. The molecule has 0 saturated carbocycles. The van der Waals surface area contributed by atoms with E-state index in [0.717, 1.165) is 12.0 Å². The van der Waals surface area contributed by atoms with E-state index in [4.69, 9.17) is 4.74 Å². The molecule has 1 N–H and O–H groups in total. The number of carbonyl (C=O) groups excluding carboxylic acids is 1. The summed E-state index contributed by atoms with van der Waals surface area (Å²) in [6.45, 7) is 6.59. The quantitative estimate of drug-likeness (QED) is 0.384. The van der Waals surface area contributed by atoms with Crippen molar-refractivity contribution in [3.8, 4) is 11.8 Å². The summed E-state index contributed by atoms with van der Waals surface area (Å²) in [6.07, 6.45) is 2.49. The number of nitriles is 1. The van der Waals surface area contributed by atoms with Gasteiger partial charge in [-0.15, -0.1) is 0 Å². The zero-order chi connectivity index (χ0) is 22.2. The van der Waals surface area contributed by atoms with E-state index < -0.39 is 5.91 Å². The SMILES string of the molecule is CCc1ccc(NC(=O)/C(C#N)=C/c2ccccc2OCc2cc(C)cc(C)c2)cc1. The molecular weight excluding hydrogens is 384 g/mol. The first kappa shape index (κ1) is 21.9. The van der Waals surface area contributed by atoms with Gasteiger partial charge in [0.05, 0.1) is 0 Å². The minimum absolute atomic E-state index is 0.0158. The molecule has 3 rings (SSSR count). The second kappa shape index (κ2) is 10.3. The maximum atomic E-state index is 12.6. The van der Waals surface area contributed by atoms with Crippen LogP contribution in [0.3, 0.4) is 0 Å². The standard InChI is InChI=1S/C27H26N2O2/c1-4-21-9-11-25(12-10-21)29-27(30)24(17-28)16-23-7-5-6-8-26(23)31-18-22-14-19(2)13-20(3)15-22/h5-16H,4,18H2,1-3H3,(H,29,30)/b24-16+. The second-order valence-electron chi connectivity index (χ2n) is 7.50. The van der Waals surface area contributed by atoms with Crippen molar-refractivity contribution in [2.24, 2.45) is 0 Å². The Balaban J connectivity index is 1.77. The van der Waals surface area contributed by atoms with Gasteiger partial charge in [0.15, 0.2) is 0 Å². The number of anilines is 1. The molecule has 0 aliphatic rings. The Kier molecular flexibility index (Phi) is 7.24. The molecule has 31 heavy (non-hydrogen) atoms. The Morgan fingerprint density at radius 1 is 1.00 bits per heavy atom. The van der Waals surface area contributed by atoms with Gasteiger partial charge in [-0.1, -0.05) is 66.6 Å². The number of aryl methyl sites for hydroxylation is 3. The molecule has 1 amide bonds. The van der Waals surface area contributed by atoms with E-state index in [2.05, 4.69) is 44.3 Å². The Labute approximate surface area is 183 Å². The number of carbonyl (C=O) groups is 1. The molecule has 0 aliphatic carbocycles. The van der Waals surface area contributed by atoms with E-state index in [0.29, 0.717) is 23.6 Å². The highest BCUT2D eigenvalue weighted by Gasteiger charge is 2.11. The van der Waals surface area contributed by atoms with Gasteiger partial charge in [-0.2, -0.15) is 5.26 Å². The van der Waals surface area contributed by atoms with Gasteiger partial charge in [0.25, 0.3) is 5.91 Å². The summed E-state index contributed by atoms with van der Waals surface area (Å²) in [5, 5.41) is 12.3. The van der Waals surface area contributed by atoms with Crippen LogP contribution in [-0.4, -0.2) is 5.91 Å². The van der Waals surface area contributed by atoms with Gasteiger partial charge in [0.2, 0.25) is 0 Å². The lowest BCUT2D eigenvalue weighted by Gasteiger charge is -2.11. The minimum Gasteiger partial charge on any atom is -0.488 e. The molecule has 4 nitrogen and oxygen atoms in total. The van der Waals surface area contributed by atoms with Crippen LogP contribution < -0.4 is 10.1 Å². The molecule has 0 aliphatic heterocycles. The third kappa shape index (κ3) is 6.07. The van der Waals surface area contributed by atoms with Crippen molar-refractivity contribution in [1.82, 2.24) is 0 Å². The average Bonchev–Trinajstić information content (AvgIpc) is 2.76. The Hall–Kier alpha value is -3.84. The van der Waals surface area contributed by atoms with Gasteiger partial charge in [-0.05, 0) is 55.7 Å². The van der Waals surface area contributed by atoms with Crippen molar-refractivity contribution in [1.29, 1.82) is 5.26 Å². The molecule has 0 atom stereocenters. The minimum atomic E-state index is -0.448. The molecule has 0 fully saturated rings. The van der Waals surface area contributed by atoms with Crippen molar-refractivity contribution in [2.75, 3.05) is 5.32 Å². The van der Waals surface area contributed by atoms with Crippen LogP contribution in [0.1, 0.15) is 34.7 Å². The van der Waals surface area contributed by atoms with E-state index in [-0.39, 0.29) is 5.57 Å². The topological polar surface area (TPSA) is 62.1 Å². The monoisotopic (exact) mass is 410 g/mol. The molecule has 0 bridgehead atoms. The van der Waals surface area contributed by atoms with Crippen LogP contribution in [0.2, 0.25) is 0 Å². The molecule has 3 aromatic carbocycles. The number of para-hydroxylation sites is 1. The summed E-state index contributed by atoms with van der Waals surface area (Å²) in [7, 11) is 0. The predicted molar refractivity (Wildman–Crippen MR) is 125 cm³/mol. The lowest BCUT2D eigenvalue weighted by Crippen LogP contribution is -2.13. The van der Waals surface area contributed by atoms with Gasteiger partial charge in [-0.25, -0.2) is 0 Å². The Bertz CT molecular complexity index is 1120. The smallest absolute Gasteiger partial charge is 0.266 e. The average molecular weight is 411 g/mol. The van der Waals surface area contributed by atoms with Crippen LogP contribution in [0.15, 0.2) is 72.3 Å².